The Bertz CT molecular complexity index is 1010. The molecule has 1 unspecified atom stereocenters. The quantitative estimate of drug-likeness (QED) is 0.536. The van der Waals surface area contributed by atoms with Gasteiger partial charge in [-0.25, -0.2) is 4.98 Å². The number of fused-ring (bicyclic) bond motifs is 1. The number of aromatic nitrogens is 2. The van der Waals surface area contributed by atoms with Crippen molar-refractivity contribution in [1.29, 1.82) is 0 Å². The predicted octanol–water partition coefficient (Wildman–Crippen LogP) is 4.08. The number of nitrogens with one attached hydrogen (secondary N) is 1. The largest absolute Gasteiger partial charge is 0.325 e. The highest BCUT2D eigenvalue weighted by molar-refractivity contribution is 8.00. The average Bonchev–Trinajstić information content (AvgIpc) is 3.05. The summed E-state index contributed by atoms with van der Waals surface area (Å²) in [6.07, 6.45) is 0. The molecule has 0 aliphatic heterocycles. The van der Waals surface area contributed by atoms with E-state index in [1.807, 2.05) is 18.4 Å². The minimum absolute atomic E-state index is 0.105. The molecule has 1 atom stereocenters. The fraction of sp³-hybridized carbons (Fsp3) is 0.235. The van der Waals surface area contributed by atoms with Crippen LogP contribution in [0.2, 0.25) is 5.02 Å². The average molecular weight is 394 g/mol. The first-order valence-electron chi connectivity index (χ1n) is 7.55. The molecular weight excluding hydrogens is 378 g/mol. The number of amides is 1. The molecule has 3 rings (SSSR count). The van der Waals surface area contributed by atoms with E-state index in [-0.39, 0.29) is 11.5 Å². The van der Waals surface area contributed by atoms with E-state index in [1.54, 1.807) is 32.2 Å². The molecule has 1 N–H and O–H groups in total. The first-order valence-corrected chi connectivity index (χ1v) is 9.69. The van der Waals surface area contributed by atoms with E-state index in [2.05, 4.69) is 10.3 Å². The van der Waals surface area contributed by atoms with Crippen molar-refractivity contribution in [2.24, 2.45) is 7.05 Å². The van der Waals surface area contributed by atoms with Crippen LogP contribution < -0.4 is 10.9 Å². The molecule has 5 nitrogen and oxygen atoms in total. The van der Waals surface area contributed by atoms with Crippen molar-refractivity contribution in [2.75, 3.05) is 5.32 Å². The van der Waals surface area contributed by atoms with Crippen LogP contribution in [0.3, 0.4) is 0 Å². The van der Waals surface area contributed by atoms with Gasteiger partial charge in [0.2, 0.25) is 5.91 Å². The van der Waals surface area contributed by atoms with Gasteiger partial charge in [-0.15, -0.1) is 11.3 Å². The van der Waals surface area contributed by atoms with Crippen LogP contribution in [0.5, 0.6) is 0 Å². The maximum Gasteiger partial charge on any atom is 0.262 e. The Hall–Kier alpha value is -1.83. The maximum absolute atomic E-state index is 12.5. The van der Waals surface area contributed by atoms with Crippen LogP contribution in [0.1, 0.15) is 12.5 Å². The molecule has 0 fully saturated rings. The van der Waals surface area contributed by atoms with Gasteiger partial charge in [-0.05, 0) is 43.0 Å². The van der Waals surface area contributed by atoms with Crippen LogP contribution in [-0.4, -0.2) is 20.7 Å². The van der Waals surface area contributed by atoms with Crippen LogP contribution >= 0.6 is 34.7 Å². The zero-order valence-electron chi connectivity index (χ0n) is 13.9. The van der Waals surface area contributed by atoms with Crippen LogP contribution in [0.25, 0.3) is 10.2 Å². The fourth-order valence-electron chi connectivity index (χ4n) is 2.27. The maximum atomic E-state index is 12.5. The number of nitrogens with zero attached hydrogens (tertiary/aromatic N) is 2. The van der Waals surface area contributed by atoms with Gasteiger partial charge in [0.05, 0.1) is 10.6 Å². The molecule has 25 heavy (non-hydrogen) atoms. The number of rotatable bonds is 4. The molecule has 2 heterocycles. The Labute approximate surface area is 158 Å². The zero-order chi connectivity index (χ0) is 18.1. The summed E-state index contributed by atoms with van der Waals surface area (Å²) in [5, 5.41) is 6.02. The second kappa shape index (κ2) is 7.19. The molecule has 1 amide bonds. The molecule has 2 aromatic heterocycles. The van der Waals surface area contributed by atoms with Crippen molar-refractivity contribution in [2.45, 2.75) is 24.3 Å². The molecule has 130 valence electrons. The SMILES string of the molecule is Cc1c(Cl)cccc1NC(=O)C(C)Sc1nc2sccc2c(=O)n1C. The lowest BCUT2D eigenvalue weighted by atomic mass is 10.2. The highest BCUT2D eigenvalue weighted by Crippen LogP contribution is 2.27. The summed E-state index contributed by atoms with van der Waals surface area (Å²) >= 11 is 8.75. The topological polar surface area (TPSA) is 64.0 Å². The van der Waals surface area contributed by atoms with Crippen molar-refractivity contribution < 1.29 is 4.79 Å². The third kappa shape index (κ3) is 3.58. The lowest BCUT2D eigenvalue weighted by Gasteiger charge is -2.15. The number of carbonyl (C=O) groups excluding carboxylic acids is 1. The molecule has 0 spiro atoms. The molecule has 1 aromatic carbocycles. The highest BCUT2D eigenvalue weighted by Gasteiger charge is 2.19. The Kier molecular flexibility index (Phi) is 5.17. The lowest BCUT2D eigenvalue weighted by molar-refractivity contribution is -0.115. The van der Waals surface area contributed by atoms with Crippen molar-refractivity contribution in [3.8, 4) is 0 Å². The molecule has 0 radical (unpaired) electrons. The molecular formula is C17H16ClN3O2S2. The summed E-state index contributed by atoms with van der Waals surface area (Å²) < 4.78 is 1.48. The molecule has 0 aliphatic carbocycles. The number of hydrogen-bond donors (Lipinski definition) is 1. The lowest BCUT2D eigenvalue weighted by Crippen LogP contribution is -2.25. The second-order valence-electron chi connectivity index (χ2n) is 5.56. The standard InChI is InChI=1S/C17H16ClN3O2S2/c1-9-12(18)5-4-6-13(9)19-14(22)10(2)25-17-20-15-11(7-8-24-15)16(23)21(17)3/h4-8,10H,1-3H3,(H,19,22). The van der Waals surface area contributed by atoms with Crippen LogP contribution in [0, 0.1) is 6.92 Å². The van der Waals surface area contributed by atoms with Crippen LogP contribution in [0.15, 0.2) is 39.6 Å². The number of hydrogen-bond acceptors (Lipinski definition) is 5. The minimum atomic E-state index is -0.422. The number of benzene rings is 1. The van der Waals surface area contributed by atoms with Crippen molar-refractivity contribution >= 4 is 56.5 Å². The smallest absolute Gasteiger partial charge is 0.262 e. The van der Waals surface area contributed by atoms with Crippen LogP contribution in [0.4, 0.5) is 5.69 Å². The summed E-state index contributed by atoms with van der Waals surface area (Å²) in [7, 11) is 1.67. The van der Waals surface area contributed by atoms with Crippen molar-refractivity contribution in [3.05, 3.63) is 50.6 Å². The molecule has 0 aliphatic rings. The first kappa shape index (κ1) is 18.0. The fourth-order valence-corrected chi connectivity index (χ4v) is 4.13. The number of anilines is 1. The van der Waals surface area contributed by atoms with E-state index in [9.17, 15) is 9.59 Å². The summed E-state index contributed by atoms with van der Waals surface area (Å²) in [4.78, 5) is 30.0. The van der Waals surface area contributed by atoms with E-state index >= 15 is 0 Å². The number of thiophene rings is 1. The summed E-state index contributed by atoms with van der Waals surface area (Å²) in [5.41, 5.74) is 1.40. The molecule has 0 saturated heterocycles. The third-order valence-corrected chi connectivity index (χ3v) is 6.20. The van der Waals surface area contributed by atoms with Gasteiger partial charge >= 0.3 is 0 Å². The van der Waals surface area contributed by atoms with E-state index in [1.165, 1.54) is 27.7 Å². The molecule has 0 bridgehead atoms. The van der Waals surface area contributed by atoms with Crippen molar-refractivity contribution in [1.82, 2.24) is 9.55 Å². The van der Waals surface area contributed by atoms with E-state index in [0.29, 0.717) is 26.1 Å². The van der Waals surface area contributed by atoms with Gasteiger partial charge in [-0.3, -0.25) is 14.2 Å². The van der Waals surface area contributed by atoms with E-state index in [4.69, 9.17) is 11.6 Å². The van der Waals surface area contributed by atoms with Gasteiger partial charge < -0.3 is 5.32 Å². The Morgan fingerprint density at radius 3 is 2.92 bits per heavy atom. The molecule has 8 heteroatoms. The zero-order valence-corrected chi connectivity index (χ0v) is 16.3. The van der Waals surface area contributed by atoms with Gasteiger partial charge in [-0.1, -0.05) is 29.4 Å². The van der Waals surface area contributed by atoms with E-state index < -0.39 is 5.25 Å². The summed E-state index contributed by atoms with van der Waals surface area (Å²) in [6, 6.07) is 7.14. The first-order chi connectivity index (χ1) is 11.9. The normalized spacial score (nSPS) is 12.3. The minimum Gasteiger partial charge on any atom is -0.325 e. The second-order valence-corrected chi connectivity index (χ2v) is 8.17. The Balaban J connectivity index is 1.81. The predicted molar refractivity (Wildman–Crippen MR) is 105 cm³/mol. The monoisotopic (exact) mass is 393 g/mol. The number of carbonyl (C=O) groups is 1. The third-order valence-electron chi connectivity index (χ3n) is 3.84. The number of thioether (sulfide) groups is 1. The van der Waals surface area contributed by atoms with Gasteiger partial charge in [-0.2, -0.15) is 0 Å². The van der Waals surface area contributed by atoms with Crippen molar-refractivity contribution in [3.63, 3.8) is 0 Å². The molecule has 0 saturated carbocycles. The summed E-state index contributed by atoms with van der Waals surface area (Å²) in [5.74, 6) is -0.170. The number of halogens is 1. The Morgan fingerprint density at radius 2 is 2.16 bits per heavy atom. The van der Waals surface area contributed by atoms with Gasteiger partial charge in [0.25, 0.3) is 5.56 Å². The summed E-state index contributed by atoms with van der Waals surface area (Å²) in [6.45, 7) is 3.64. The van der Waals surface area contributed by atoms with Gasteiger partial charge in [0.15, 0.2) is 5.16 Å². The Morgan fingerprint density at radius 1 is 1.40 bits per heavy atom. The van der Waals surface area contributed by atoms with Crippen LogP contribution in [-0.2, 0) is 11.8 Å². The van der Waals surface area contributed by atoms with Gasteiger partial charge in [0.1, 0.15) is 4.83 Å². The van der Waals surface area contributed by atoms with Gasteiger partial charge in [0, 0.05) is 17.8 Å². The highest BCUT2D eigenvalue weighted by atomic mass is 35.5. The van der Waals surface area contributed by atoms with E-state index in [0.717, 1.165) is 5.56 Å². The molecule has 3 aromatic rings.